The summed E-state index contributed by atoms with van der Waals surface area (Å²) < 4.78 is 46.9. The lowest BCUT2D eigenvalue weighted by molar-refractivity contribution is -0.150. The van der Waals surface area contributed by atoms with Crippen molar-refractivity contribution in [1.29, 1.82) is 0 Å². The van der Waals surface area contributed by atoms with Gasteiger partial charge in [-0.3, -0.25) is 28.2 Å². The highest BCUT2D eigenvalue weighted by Crippen LogP contribution is 2.31. The Kier molecular flexibility index (Phi) is 97.8. The standard InChI is InChI=1S/C48H97NO2.C41H84O.C13H18O5S.C12H16O3.C7H15NO2.C5H8O2/c1-39(2)21-15-23-41(5)25-17-27-43(7)29-19-31-45(9)34-36-47(51-48(50)33-13-14-38-49(11)12)37-35-46(10)32-20-30-44(8)28-18-26-42(6)24-16-22-40(3)4;1-33(2)17-11-19-35(5)21-13-23-37(7)25-15-27-39(9)29-31-41(42)32-30-40(10)28-16-26-38(8)24-14-22-36(6)20-12-18-34(3)4;1-19(15,16)18-10-6-5-9-13(14)17-11-12-7-3-2-4-8-12;13-9-5-4-8-12(14)15-10-11-6-2-1-3-7-11;1-8(2)6-4-3-5-7(9)10;6-5-3-1-2-4-7-5/h39-47H,13-38H2,1-12H3;33-42H,11-32H2,1-10H3;2-4,7-8H,5-6,9-11H2,1H3;1-3,6-7,13H,4-5,8-10H2;3-6H2,1-2H3,(H,9,10);1-4H2. The number of carboxylic acid groups (broad SMARTS) is 1. The van der Waals surface area contributed by atoms with Gasteiger partial charge < -0.3 is 44.1 Å². The number of carbonyl (C=O) groups is 5. The van der Waals surface area contributed by atoms with E-state index in [1.54, 1.807) is 0 Å². The first-order valence-corrected chi connectivity index (χ1v) is 61.6. The van der Waals surface area contributed by atoms with Crippen LogP contribution in [-0.4, -0.2) is 143 Å². The number of aliphatic hydroxyl groups is 2. The SMILES string of the molecule is CC(C)CCCC(C)CCCC(C)CCCC(C)CCC(CCC(C)CCCC(C)CCCC(C)CCCC(C)C)OC(=O)CCCCN(C)C.CC(C)CCCC(C)CCCC(C)CCCC(C)CCC(O)CCC(C)CCCC(C)CCCC(C)CCCC(C)C.CN(C)CCCCC(=O)O.CS(=O)(=O)OCCCCC(=O)OCc1ccccc1.O=C(CCCCO)OCc1ccccc1.O=C1CCCCO1. The second kappa shape index (κ2) is 98.0. The Morgan fingerprint density at radius 2 is 0.597 bits per heavy atom. The van der Waals surface area contributed by atoms with Gasteiger partial charge in [-0.05, 0) is 263 Å². The Hall–Kier alpha value is -4.46. The highest BCUT2D eigenvalue weighted by molar-refractivity contribution is 7.86. The van der Waals surface area contributed by atoms with E-state index in [-0.39, 0.29) is 62.3 Å². The van der Waals surface area contributed by atoms with Crippen molar-refractivity contribution >= 4 is 40.0 Å². The maximum atomic E-state index is 12.9. The van der Waals surface area contributed by atoms with Gasteiger partial charge in [-0.15, -0.1) is 0 Å². The number of unbranched alkanes of at least 4 members (excludes halogenated alkanes) is 4. The molecule has 12 unspecified atom stereocenters. The van der Waals surface area contributed by atoms with Gasteiger partial charge in [0.1, 0.15) is 19.3 Å². The number of hydrogen-bond acceptors (Lipinski definition) is 16. The molecule has 144 heavy (non-hydrogen) atoms. The van der Waals surface area contributed by atoms with Crippen molar-refractivity contribution in [2.24, 2.45) is 94.7 Å². The van der Waals surface area contributed by atoms with Crippen LogP contribution < -0.4 is 0 Å². The van der Waals surface area contributed by atoms with Crippen molar-refractivity contribution < 1.29 is 70.8 Å². The first-order valence-electron chi connectivity index (χ1n) is 59.8. The van der Waals surface area contributed by atoms with Gasteiger partial charge in [-0.1, -0.05) is 430 Å². The number of hydrogen-bond donors (Lipinski definition) is 3. The lowest BCUT2D eigenvalue weighted by Crippen LogP contribution is -2.20. The molecule has 18 heteroatoms. The summed E-state index contributed by atoms with van der Waals surface area (Å²) in [5.41, 5.74) is 1.93. The second-order valence-electron chi connectivity index (χ2n) is 48.1. The van der Waals surface area contributed by atoms with E-state index in [1.165, 1.54) is 257 Å². The monoisotopic (exact) mass is 2050 g/mol. The normalized spacial score (nSPS) is 15.1. The Balaban J connectivity index is -0.00000187. The first-order chi connectivity index (χ1) is 68.4. The van der Waals surface area contributed by atoms with E-state index in [4.69, 9.17) is 24.4 Å². The number of aliphatic hydroxyl groups excluding tert-OH is 2. The van der Waals surface area contributed by atoms with E-state index >= 15 is 0 Å². The Morgan fingerprint density at radius 3 is 0.847 bits per heavy atom. The van der Waals surface area contributed by atoms with E-state index in [1.807, 2.05) is 74.8 Å². The summed E-state index contributed by atoms with van der Waals surface area (Å²) in [5.74, 6) is 12.2. The van der Waals surface area contributed by atoms with Crippen LogP contribution in [0.3, 0.4) is 0 Å². The summed E-state index contributed by atoms with van der Waals surface area (Å²) in [6.45, 7) is 51.7. The zero-order valence-corrected chi connectivity index (χ0v) is 99.7. The summed E-state index contributed by atoms with van der Waals surface area (Å²) in [6, 6.07) is 19.0. The molecule has 3 rings (SSSR count). The molecule has 2 aromatic rings. The number of carbonyl (C=O) groups excluding carboxylic acids is 4. The van der Waals surface area contributed by atoms with Crippen LogP contribution >= 0.6 is 0 Å². The molecule has 0 aromatic heterocycles. The Morgan fingerprint density at radius 1 is 0.333 bits per heavy atom. The van der Waals surface area contributed by atoms with Gasteiger partial charge in [0.25, 0.3) is 10.1 Å². The molecule has 1 fully saturated rings. The van der Waals surface area contributed by atoms with E-state index in [0.717, 1.165) is 178 Å². The summed E-state index contributed by atoms with van der Waals surface area (Å²) in [4.78, 5) is 60.0. The number of rotatable bonds is 85. The molecule has 1 aliphatic rings. The number of carboxylic acids is 1. The topological polar surface area (TPSA) is 233 Å². The molecule has 12 atom stereocenters. The molecule has 1 saturated heterocycles. The lowest BCUT2D eigenvalue weighted by atomic mass is 9.89. The van der Waals surface area contributed by atoms with Gasteiger partial charge in [-0.2, -0.15) is 8.42 Å². The second-order valence-corrected chi connectivity index (χ2v) is 49.8. The van der Waals surface area contributed by atoms with Crippen molar-refractivity contribution in [3.05, 3.63) is 71.8 Å². The minimum absolute atomic E-state index is 0.0326. The maximum absolute atomic E-state index is 12.9. The minimum atomic E-state index is -3.39. The van der Waals surface area contributed by atoms with E-state index in [0.29, 0.717) is 76.4 Å². The number of ether oxygens (including phenoxy) is 4. The third-order valence-corrected chi connectivity index (χ3v) is 29.8. The summed E-state index contributed by atoms with van der Waals surface area (Å²) in [6.07, 6.45) is 70.2. The number of aliphatic carboxylic acids is 1. The fourth-order valence-corrected chi connectivity index (χ4v) is 19.3. The van der Waals surface area contributed by atoms with E-state index in [2.05, 4.69) is 171 Å². The summed E-state index contributed by atoms with van der Waals surface area (Å²) >= 11 is 0. The molecule has 0 spiro atoms. The molecular weight excluding hydrogens is 1810 g/mol. The van der Waals surface area contributed by atoms with Crippen LogP contribution in [0.5, 0.6) is 0 Å². The van der Waals surface area contributed by atoms with Crippen molar-refractivity contribution in [2.75, 3.05) is 67.4 Å². The summed E-state index contributed by atoms with van der Waals surface area (Å²) in [7, 11) is 4.79. The van der Waals surface area contributed by atoms with Crippen LogP contribution in [0.15, 0.2) is 60.7 Å². The summed E-state index contributed by atoms with van der Waals surface area (Å²) in [5, 5.41) is 27.4. The smallest absolute Gasteiger partial charge is 0.306 e. The average molecular weight is 2050 g/mol. The van der Waals surface area contributed by atoms with E-state index < -0.39 is 16.1 Å². The third kappa shape index (κ3) is 109. The van der Waals surface area contributed by atoms with Gasteiger partial charge in [-0.25, -0.2) is 0 Å². The predicted molar refractivity (Wildman–Crippen MR) is 614 cm³/mol. The molecule has 0 aliphatic carbocycles. The van der Waals surface area contributed by atoms with Crippen molar-refractivity contribution in [3.63, 3.8) is 0 Å². The van der Waals surface area contributed by atoms with Gasteiger partial charge in [0, 0.05) is 38.7 Å². The number of benzene rings is 2. The third-order valence-electron chi connectivity index (χ3n) is 29.2. The highest BCUT2D eigenvalue weighted by Gasteiger charge is 2.22. The molecule has 0 bridgehead atoms. The van der Waals surface area contributed by atoms with Crippen LogP contribution in [0, 0.1) is 94.7 Å². The molecule has 1 aliphatic heterocycles. The number of nitrogens with zero attached hydrogens (tertiary/aromatic N) is 2. The molecule has 0 amide bonds. The van der Waals surface area contributed by atoms with Gasteiger partial charge in [0.05, 0.1) is 25.6 Å². The van der Waals surface area contributed by atoms with Crippen LogP contribution in [0.2, 0.25) is 0 Å². The quantitative estimate of drug-likeness (QED) is 0.0242. The zero-order chi connectivity index (χ0) is 108. The Bertz CT molecular complexity index is 3180. The molecule has 3 N–H and O–H groups in total. The van der Waals surface area contributed by atoms with Crippen LogP contribution in [-0.2, 0) is 70.4 Å². The van der Waals surface area contributed by atoms with Gasteiger partial charge in [0.15, 0.2) is 0 Å². The molecule has 17 nitrogen and oxygen atoms in total. The number of esters is 4. The van der Waals surface area contributed by atoms with Gasteiger partial charge in [0.2, 0.25) is 0 Å². The van der Waals surface area contributed by atoms with Crippen molar-refractivity contribution in [3.8, 4) is 0 Å². The first kappa shape index (κ1) is 144. The van der Waals surface area contributed by atoms with Crippen molar-refractivity contribution in [1.82, 2.24) is 9.80 Å². The van der Waals surface area contributed by atoms with Gasteiger partial charge >= 0.3 is 29.8 Å². The largest absolute Gasteiger partial charge is 0.481 e. The zero-order valence-electron chi connectivity index (χ0n) is 98.9. The number of cyclic esters (lactones) is 1. The predicted octanol–water partition coefficient (Wildman–Crippen LogP) is 34.7. The fourth-order valence-electron chi connectivity index (χ4n) is 18.9. The maximum Gasteiger partial charge on any atom is 0.306 e. The lowest BCUT2D eigenvalue weighted by Gasteiger charge is -2.22. The highest BCUT2D eigenvalue weighted by atomic mass is 32.2. The molecule has 1 heterocycles. The minimum Gasteiger partial charge on any atom is -0.481 e. The molecule has 0 radical (unpaired) electrons. The van der Waals surface area contributed by atoms with Crippen molar-refractivity contribution in [2.45, 2.75) is 543 Å². The fraction of sp³-hybridized carbons (Fsp3) is 0.865. The molecule has 0 saturated carbocycles. The molecule has 2 aromatic carbocycles. The molecular formula is C126H238N2O15S. The Labute approximate surface area is 891 Å². The molecule has 848 valence electrons. The average Bonchev–Trinajstić information content (AvgIpc) is 0.933. The van der Waals surface area contributed by atoms with Crippen LogP contribution in [0.25, 0.3) is 0 Å². The van der Waals surface area contributed by atoms with E-state index in [9.17, 15) is 37.5 Å². The van der Waals surface area contributed by atoms with Crippen LogP contribution in [0.4, 0.5) is 0 Å². The van der Waals surface area contributed by atoms with Crippen LogP contribution in [0.1, 0.15) is 528 Å².